The Hall–Kier alpha value is -2.10. The Morgan fingerprint density at radius 2 is 1.90 bits per heavy atom. The van der Waals surface area contributed by atoms with Crippen molar-refractivity contribution in [1.82, 2.24) is 10.2 Å². The summed E-state index contributed by atoms with van der Waals surface area (Å²) < 4.78 is 0. The van der Waals surface area contributed by atoms with Crippen molar-refractivity contribution in [2.24, 2.45) is 11.3 Å². The first-order valence-corrected chi connectivity index (χ1v) is 11.1. The molecule has 158 valence electrons. The number of nitrogens with zero attached hydrogens (tertiary/aromatic N) is 3. The summed E-state index contributed by atoms with van der Waals surface area (Å²) in [5.74, 6) is 1.96. The van der Waals surface area contributed by atoms with Gasteiger partial charge in [-0.3, -0.25) is 0 Å². The predicted molar refractivity (Wildman–Crippen MR) is 121 cm³/mol. The molecule has 4 heteroatoms. The molecular formula is C25H37N3O. The molecule has 1 unspecified atom stereocenters. The monoisotopic (exact) mass is 395 g/mol. The summed E-state index contributed by atoms with van der Waals surface area (Å²) >= 11 is 0. The Bertz CT molecular complexity index is 800. The normalized spacial score (nSPS) is 20.1. The van der Waals surface area contributed by atoms with Crippen LogP contribution >= 0.6 is 0 Å². The molecular weight excluding hydrogens is 358 g/mol. The van der Waals surface area contributed by atoms with Crippen LogP contribution in [0.4, 0.5) is 5.82 Å². The number of anilines is 1. The van der Waals surface area contributed by atoms with E-state index in [1.165, 1.54) is 25.7 Å². The summed E-state index contributed by atoms with van der Waals surface area (Å²) in [6.07, 6.45) is 6.20. The van der Waals surface area contributed by atoms with Crippen LogP contribution in [0.1, 0.15) is 70.9 Å². The molecule has 29 heavy (non-hydrogen) atoms. The largest absolute Gasteiger partial charge is 0.507 e. The summed E-state index contributed by atoms with van der Waals surface area (Å²) in [7, 11) is 0. The van der Waals surface area contributed by atoms with E-state index in [1.807, 2.05) is 19.9 Å². The molecule has 0 saturated carbocycles. The zero-order chi connectivity index (χ0) is 21.2. The van der Waals surface area contributed by atoms with Crippen LogP contribution < -0.4 is 4.90 Å². The zero-order valence-electron chi connectivity index (χ0n) is 19.0. The van der Waals surface area contributed by atoms with Gasteiger partial charge in [-0.25, -0.2) is 0 Å². The van der Waals surface area contributed by atoms with Gasteiger partial charge < -0.3 is 10.0 Å². The average molecular weight is 396 g/mol. The van der Waals surface area contributed by atoms with Crippen molar-refractivity contribution in [2.75, 3.05) is 11.4 Å². The number of rotatable bonds is 5. The van der Waals surface area contributed by atoms with Crippen molar-refractivity contribution in [2.45, 2.75) is 79.7 Å². The van der Waals surface area contributed by atoms with Gasteiger partial charge in [0, 0.05) is 18.2 Å². The molecule has 1 aromatic carbocycles. The Kier molecular flexibility index (Phi) is 6.50. The number of aromatic hydroxyl groups is 1. The summed E-state index contributed by atoms with van der Waals surface area (Å²) in [5, 5.41) is 19.5. The number of hydrogen-bond donors (Lipinski definition) is 1. The van der Waals surface area contributed by atoms with E-state index in [0.29, 0.717) is 11.5 Å². The topological polar surface area (TPSA) is 49.2 Å². The molecule has 1 aliphatic rings. The number of aromatic nitrogens is 2. The SMILES string of the molecule is CCC1[C@@H](CCC(C)(C)C)CCCN1c1ccc(-c2c(C)cc(C)cc2O)nn1. The molecule has 1 saturated heterocycles. The highest BCUT2D eigenvalue weighted by Crippen LogP contribution is 2.36. The van der Waals surface area contributed by atoms with E-state index < -0.39 is 0 Å². The van der Waals surface area contributed by atoms with Gasteiger partial charge in [0.2, 0.25) is 0 Å². The standard InChI is InChI=1S/C25H37N3O/c1-7-21-19(12-13-25(4,5)6)9-8-14-28(21)23-11-10-20(26-27-23)24-18(3)15-17(2)16-22(24)29/h10-11,15-16,19,21,29H,7-9,12-14H2,1-6H3/t19-,21?/m1/s1. The Balaban J connectivity index is 1.81. The van der Waals surface area contributed by atoms with Gasteiger partial charge in [0.1, 0.15) is 5.75 Å². The second-order valence-electron chi connectivity index (χ2n) is 9.92. The van der Waals surface area contributed by atoms with Gasteiger partial charge in [-0.05, 0) is 86.6 Å². The summed E-state index contributed by atoms with van der Waals surface area (Å²) in [4.78, 5) is 2.47. The molecule has 3 rings (SSSR count). The highest BCUT2D eigenvalue weighted by atomic mass is 16.3. The summed E-state index contributed by atoms with van der Waals surface area (Å²) in [6, 6.07) is 8.47. The van der Waals surface area contributed by atoms with Crippen molar-refractivity contribution in [3.05, 3.63) is 35.4 Å². The van der Waals surface area contributed by atoms with Crippen molar-refractivity contribution >= 4 is 5.82 Å². The van der Waals surface area contributed by atoms with E-state index in [9.17, 15) is 5.11 Å². The molecule has 0 aliphatic carbocycles. The van der Waals surface area contributed by atoms with Crippen LogP contribution in [0.25, 0.3) is 11.3 Å². The lowest BCUT2D eigenvalue weighted by Crippen LogP contribution is -2.45. The zero-order valence-corrected chi connectivity index (χ0v) is 19.0. The Morgan fingerprint density at radius 3 is 2.48 bits per heavy atom. The molecule has 2 heterocycles. The number of hydrogen-bond acceptors (Lipinski definition) is 4. The summed E-state index contributed by atoms with van der Waals surface area (Å²) in [5.41, 5.74) is 3.97. The lowest BCUT2D eigenvalue weighted by atomic mass is 9.79. The van der Waals surface area contributed by atoms with E-state index in [1.54, 1.807) is 6.07 Å². The maximum atomic E-state index is 10.4. The third-order valence-corrected chi connectivity index (χ3v) is 6.26. The molecule has 4 nitrogen and oxygen atoms in total. The maximum Gasteiger partial charge on any atom is 0.151 e. The minimum Gasteiger partial charge on any atom is -0.507 e. The van der Waals surface area contributed by atoms with Crippen molar-refractivity contribution in [1.29, 1.82) is 0 Å². The third kappa shape index (κ3) is 5.09. The van der Waals surface area contributed by atoms with Gasteiger partial charge in [0.25, 0.3) is 0 Å². The summed E-state index contributed by atoms with van der Waals surface area (Å²) in [6.45, 7) is 14.3. The van der Waals surface area contributed by atoms with Gasteiger partial charge in [0.05, 0.1) is 5.69 Å². The van der Waals surface area contributed by atoms with Gasteiger partial charge >= 0.3 is 0 Å². The first kappa shape index (κ1) is 21.6. The highest BCUT2D eigenvalue weighted by molar-refractivity contribution is 5.71. The number of benzene rings is 1. The molecule has 1 aliphatic heterocycles. The second kappa shape index (κ2) is 8.73. The van der Waals surface area contributed by atoms with Crippen molar-refractivity contribution in [3.63, 3.8) is 0 Å². The molecule has 0 amide bonds. The van der Waals surface area contributed by atoms with Crippen LogP contribution in [0.15, 0.2) is 24.3 Å². The maximum absolute atomic E-state index is 10.4. The van der Waals surface area contributed by atoms with Gasteiger partial charge in [-0.1, -0.05) is 33.8 Å². The van der Waals surface area contributed by atoms with Crippen LogP contribution in [0, 0.1) is 25.2 Å². The predicted octanol–water partition coefficient (Wildman–Crippen LogP) is 6.29. The van der Waals surface area contributed by atoms with E-state index in [-0.39, 0.29) is 5.75 Å². The quantitative estimate of drug-likeness (QED) is 0.646. The fourth-order valence-electron chi connectivity index (χ4n) is 4.82. The van der Waals surface area contributed by atoms with Crippen LogP contribution in [-0.4, -0.2) is 27.9 Å². The lowest BCUT2D eigenvalue weighted by Gasteiger charge is -2.42. The first-order valence-electron chi connectivity index (χ1n) is 11.1. The van der Waals surface area contributed by atoms with E-state index in [4.69, 9.17) is 0 Å². The minimum absolute atomic E-state index is 0.274. The van der Waals surface area contributed by atoms with Crippen LogP contribution in [0.2, 0.25) is 0 Å². The number of phenolic OH excluding ortho intramolecular Hbond substituents is 1. The molecule has 0 bridgehead atoms. The Morgan fingerprint density at radius 1 is 1.14 bits per heavy atom. The third-order valence-electron chi connectivity index (χ3n) is 6.26. The first-order chi connectivity index (χ1) is 13.7. The van der Waals surface area contributed by atoms with E-state index in [0.717, 1.165) is 47.1 Å². The minimum atomic E-state index is 0.274. The van der Waals surface area contributed by atoms with Crippen molar-refractivity contribution < 1.29 is 5.11 Å². The van der Waals surface area contributed by atoms with Gasteiger partial charge in [-0.2, -0.15) is 0 Å². The van der Waals surface area contributed by atoms with Crippen LogP contribution in [0.5, 0.6) is 5.75 Å². The van der Waals surface area contributed by atoms with E-state index >= 15 is 0 Å². The molecule has 1 N–H and O–H groups in total. The fraction of sp³-hybridized carbons (Fsp3) is 0.600. The average Bonchev–Trinajstić information content (AvgIpc) is 2.65. The molecule has 0 radical (unpaired) electrons. The number of aryl methyl sites for hydroxylation is 2. The van der Waals surface area contributed by atoms with Gasteiger partial charge in [-0.15, -0.1) is 10.2 Å². The van der Waals surface area contributed by atoms with Crippen LogP contribution in [-0.2, 0) is 0 Å². The van der Waals surface area contributed by atoms with Crippen LogP contribution in [0.3, 0.4) is 0 Å². The Labute approximate surface area is 176 Å². The fourth-order valence-corrected chi connectivity index (χ4v) is 4.82. The number of phenols is 1. The van der Waals surface area contributed by atoms with E-state index in [2.05, 4.69) is 54.9 Å². The molecule has 2 atom stereocenters. The van der Waals surface area contributed by atoms with Gasteiger partial charge in [0.15, 0.2) is 5.82 Å². The second-order valence-corrected chi connectivity index (χ2v) is 9.92. The molecule has 2 aromatic rings. The molecule has 0 spiro atoms. The lowest BCUT2D eigenvalue weighted by molar-refractivity contribution is 0.249. The van der Waals surface area contributed by atoms with Crippen molar-refractivity contribution in [3.8, 4) is 17.0 Å². The highest BCUT2D eigenvalue weighted by Gasteiger charge is 2.31. The smallest absolute Gasteiger partial charge is 0.151 e. The molecule has 1 aromatic heterocycles. The number of piperidine rings is 1. The molecule has 1 fully saturated rings.